The quantitative estimate of drug-likeness (QED) is 0.524. The number of fused-ring (bicyclic) bond motifs is 1. The number of hydrogen-bond donors (Lipinski definition) is 2. The maximum absolute atomic E-state index is 13.8. The predicted octanol–water partition coefficient (Wildman–Crippen LogP) is 3.59. The van der Waals surface area contributed by atoms with E-state index in [4.69, 9.17) is 4.98 Å². The first-order valence-corrected chi connectivity index (χ1v) is 12.5. The Balaban J connectivity index is 1.67. The highest BCUT2D eigenvalue weighted by atomic mass is 19.1. The van der Waals surface area contributed by atoms with Gasteiger partial charge in [0.15, 0.2) is 0 Å². The van der Waals surface area contributed by atoms with Crippen LogP contribution in [0.25, 0.3) is 16.7 Å². The van der Waals surface area contributed by atoms with Gasteiger partial charge in [-0.05, 0) is 70.3 Å². The molecule has 3 unspecified atom stereocenters. The molecule has 0 spiro atoms. The van der Waals surface area contributed by atoms with Gasteiger partial charge in [-0.2, -0.15) is 0 Å². The highest BCUT2D eigenvalue weighted by molar-refractivity contribution is 5.90. The maximum Gasteiger partial charge on any atom is 0.245 e. The van der Waals surface area contributed by atoms with E-state index in [1.54, 1.807) is 20.0 Å². The van der Waals surface area contributed by atoms with Crippen molar-refractivity contribution < 1.29 is 14.0 Å². The summed E-state index contributed by atoms with van der Waals surface area (Å²) in [7, 11) is 1.72. The van der Waals surface area contributed by atoms with Crippen molar-refractivity contribution in [2.75, 3.05) is 13.6 Å². The normalized spacial score (nSPS) is 17.6. The number of nitrogens with zero attached hydrogens (tertiary/aromatic N) is 4. The van der Waals surface area contributed by atoms with Gasteiger partial charge in [0.05, 0.1) is 23.3 Å². The number of benzene rings is 1. The monoisotopic (exact) mass is 494 g/mol. The van der Waals surface area contributed by atoms with Gasteiger partial charge >= 0.3 is 0 Å². The van der Waals surface area contributed by atoms with Gasteiger partial charge in [0, 0.05) is 24.2 Å². The summed E-state index contributed by atoms with van der Waals surface area (Å²) in [6.07, 6.45) is 3.58. The van der Waals surface area contributed by atoms with Crippen LogP contribution < -0.4 is 10.6 Å². The van der Waals surface area contributed by atoms with Crippen molar-refractivity contribution in [3.05, 3.63) is 53.4 Å². The zero-order chi connectivity index (χ0) is 26.1. The molecule has 3 atom stereocenters. The number of aromatic nitrogens is 3. The molecule has 4 rings (SSSR count). The summed E-state index contributed by atoms with van der Waals surface area (Å²) in [6.45, 7) is 10.0. The lowest BCUT2D eigenvalue weighted by Gasteiger charge is -2.31. The molecule has 1 aromatic carbocycles. The van der Waals surface area contributed by atoms with Crippen LogP contribution >= 0.6 is 0 Å². The number of halogens is 1. The van der Waals surface area contributed by atoms with Crippen LogP contribution in [0.15, 0.2) is 30.5 Å². The Morgan fingerprint density at radius 2 is 1.89 bits per heavy atom. The Morgan fingerprint density at radius 1 is 1.14 bits per heavy atom. The number of likely N-dealkylation sites (tertiary alicyclic amines) is 1. The number of nitrogens with one attached hydrogen (secondary N) is 2. The summed E-state index contributed by atoms with van der Waals surface area (Å²) < 4.78 is 15.8. The number of carbonyl (C=O) groups excluding carboxylic acids is 2. The lowest BCUT2D eigenvalue weighted by molar-refractivity contribution is -0.139. The second kappa shape index (κ2) is 10.3. The lowest BCUT2D eigenvalue weighted by atomic mass is 10.0. The van der Waals surface area contributed by atoms with Gasteiger partial charge in [0.2, 0.25) is 11.8 Å². The predicted molar refractivity (Wildman–Crippen MR) is 137 cm³/mol. The molecule has 0 saturated carbocycles. The molecule has 9 heteroatoms. The summed E-state index contributed by atoms with van der Waals surface area (Å²) in [5.41, 5.74) is 2.58. The maximum atomic E-state index is 13.8. The fourth-order valence-corrected chi connectivity index (χ4v) is 4.86. The number of likely N-dealkylation sites (N-methyl/N-ethyl adjacent to an activating group) is 1. The summed E-state index contributed by atoms with van der Waals surface area (Å²) in [5.74, 6) is 0.632. The van der Waals surface area contributed by atoms with Crippen LogP contribution in [0.5, 0.6) is 0 Å². The van der Waals surface area contributed by atoms with E-state index in [2.05, 4.69) is 15.6 Å². The van der Waals surface area contributed by atoms with Crippen LogP contribution in [0, 0.1) is 25.6 Å². The second-order valence-corrected chi connectivity index (χ2v) is 9.97. The summed E-state index contributed by atoms with van der Waals surface area (Å²) in [5, 5.41) is 6.68. The van der Waals surface area contributed by atoms with Crippen LogP contribution in [0.1, 0.15) is 56.7 Å². The average molecular weight is 495 g/mol. The number of carbonyl (C=O) groups is 2. The van der Waals surface area contributed by atoms with Crippen LogP contribution in [-0.4, -0.2) is 56.9 Å². The number of amides is 2. The molecule has 36 heavy (non-hydrogen) atoms. The van der Waals surface area contributed by atoms with Crippen LogP contribution in [0.2, 0.25) is 0 Å². The highest BCUT2D eigenvalue weighted by Gasteiger charge is 2.37. The fourth-order valence-electron chi connectivity index (χ4n) is 4.86. The molecule has 2 aromatic heterocycles. The molecule has 0 radical (unpaired) electrons. The first kappa shape index (κ1) is 25.8. The van der Waals surface area contributed by atoms with E-state index >= 15 is 0 Å². The first-order valence-electron chi connectivity index (χ1n) is 12.5. The minimum Gasteiger partial charge on any atom is -0.343 e. The Morgan fingerprint density at radius 3 is 2.58 bits per heavy atom. The number of aryl methyl sites for hydroxylation is 2. The molecule has 1 aliphatic rings. The van der Waals surface area contributed by atoms with E-state index < -0.39 is 12.1 Å². The Hall–Kier alpha value is -3.33. The van der Waals surface area contributed by atoms with E-state index in [9.17, 15) is 14.0 Å². The molecule has 0 aliphatic carbocycles. The summed E-state index contributed by atoms with van der Waals surface area (Å²) in [4.78, 5) is 37.4. The second-order valence-electron chi connectivity index (χ2n) is 9.97. The van der Waals surface area contributed by atoms with E-state index in [0.29, 0.717) is 18.2 Å². The van der Waals surface area contributed by atoms with Crippen molar-refractivity contribution in [3.8, 4) is 5.82 Å². The van der Waals surface area contributed by atoms with Crippen molar-refractivity contribution >= 4 is 22.7 Å². The van der Waals surface area contributed by atoms with Gasteiger partial charge in [-0.15, -0.1) is 0 Å². The largest absolute Gasteiger partial charge is 0.343 e. The molecule has 2 amide bonds. The SMILES string of the molecule is CNC(C)C(=O)NC(C(=O)N1CCCC1c1cc(-n2cc(C)c3cc(F)ccc32)nc(C)n1)C(C)C. The molecule has 3 aromatic rings. The third kappa shape index (κ3) is 4.97. The minimum atomic E-state index is -0.623. The highest BCUT2D eigenvalue weighted by Crippen LogP contribution is 2.33. The standard InChI is InChI=1S/C27H35FN6O2/c1-15(2)25(32-26(35)17(4)29-6)27(36)33-11-7-8-23(33)21-13-24(31-18(5)30-21)34-14-16(3)20-12-19(28)9-10-22(20)34/h9-10,12-15,17,23,25,29H,7-8,11H2,1-6H3,(H,32,35). The van der Waals surface area contributed by atoms with E-state index in [1.165, 1.54) is 12.1 Å². The van der Waals surface area contributed by atoms with Gasteiger partial charge < -0.3 is 20.1 Å². The molecule has 2 N–H and O–H groups in total. The van der Waals surface area contributed by atoms with Gasteiger partial charge in [0.25, 0.3) is 0 Å². The smallest absolute Gasteiger partial charge is 0.245 e. The summed E-state index contributed by atoms with van der Waals surface area (Å²) >= 11 is 0. The van der Waals surface area contributed by atoms with E-state index in [0.717, 1.165) is 35.0 Å². The van der Waals surface area contributed by atoms with Crippen molar-refractivity contribution in [2.24, 2.45) is 5.92 Å². The van der Waals surface area contributed by atoms with Crippen LogP contribution in [-0.2, 0) is 9.59 Å². The van der Waals surface area contributed by atoms with Crippen molar-refractivity contribution in [1.82, 2.24) is 30.1 Å². The van der Waals surface area contributed by atoms with Crippen molar-refractivity contribution in [3.63, 3.8) is 0 Å². The zero-order valence-corrected chi connectivity index (χ0v) is 21.8. The third-order valence-electron chi connectivity index (χ3n) is 6.99. The number of rotatable bonds is 7. The van der Waals surface area contributed by atoms with Crippen molar-refractivity contribution in [2.45, 2.75) is 65.6 Å². The van der Waals surface area contributed by atoms with Gasteiger partial charge in [0.1, 0.15) is 23.5 Å². The lowest BCUT2D eigenvalue weighted by Crippen LogP contribution is -2.54. The molecular formula is C27H35FN6O2. The van der Waals surface area contributed by atoms with Gasteiger partial charge in [-0.1, -0.05) is 13.8 Å². The van der Waals surface area contributed by atoms with E-state index in [-0.39, 0.29) is 29.6 Å². The molecule has 192 valence electrons. The third-order valence-corrected chi connectivity index (χ3v) is 6.99. The Bertz CT molecular complexity index is 1290. The van der Waals surface area contributed by atoms with Gasteiger partial charge in [-0.25, -0.2) is 14.4 Å². The molecule has 3 heterocycles. The van der Waals surface area contributed by atoms with Crippen LogP contribution in [0.3, 0.4) is 0 Å². The molecule has 0 bridgehead atoms. The molecule has 1 saturated heterocycles. The van der Waals surface area contributed by atoms with Crippen molar-refractivity contribution in [1.29, 1.82) is 0 Å². The molecular weight excluding hydrogens is 459 g/mol. The Labute approximate surface area is 211 Å². The topological polar surface area (TPSA) is 92.2 Å². The molecule has 8 nitrogen and oxygen atoms in total. The van der Waals surface area contributed by atoms with Gasteiger partial charge in [-0.3, -0.25) is 9.59 Å². The average Bonchev–Trinajstić information content (AvgIpc) is 3.46. The Kier molecular flexibility index (Phi) is 7.40. The fraction of sp³-hybridized carbons (Fsp3) is 0.481. The first-order chi connectivity index (χ1) is 17.1. The van der Waals surface area contributed by atoms with Crippen LogP contribution in [0.4, 0.5) is 4.39 Å². The number of hydrogen-bond acceptors (Lipinski definition) is 5. The molecule has 1 aliphatic heterocycles. The molecule has 1 fully saturated rings. The summed E-state index contributed by atoms with van der Waals surface area (Å²) in [6, 6.07) is 5.41. The minimum absolute atomic E-state index is 0.0657. The van der Waals surface area contributed by atoms with E-state index in [1.807, 2.05) is 49.4 Å². The zero-order valence-electron chi connectivity index (χ0n) is 21.8.